The Hall–Kier alpha value is -4.56. The van der Waals surface area contributed by atoms with E-state index >= 15 is 0 Å². The quantitative estimate of drug-likeness (QED) is 0.230. The fourth-order valence-corrected chi connectivity index (χ4v) is 5.91. The van der Waals surface area contributed by atoms with Crippen molar-refractivity contribution in [3.05, 3.63) is 121 Å². The van der Waals surface area contributed by atoms with Crippen LogP contribution in [0, 0.1) is 0 Å². The van der Waals surface area contributed by atoms with Crippen LogP contribution < -0.4 is 0 Å². The van der Waals surface area contributed by atoms with Gasteiger partial charge in [0, 0.05) is 49.6 Å². The van der Waals surface area contributed by atoms with E-state index < -0.39 is 0 Å². The van der Waals surface area contributed by atoms with Crippen LogP contribution in [-0.4, -0.2) is 8.97 Å². The first-order chi connectivity index (χ1) is 16.9. The molecule has 0 aliphatic carbocycles. The van der Waals surface area contributed by atoms with Crippen molar-refractivity contribution in [2.75, 3.05) is 0 Å². The van der Waals surface area contributed by atoms with Crippen molar-refractivity contribution >= 4 is 59.8 Å². The standard InChI is InChI=1S/C32H20N2/c1-2-11-22(12-3-1)34-28-17-9-7-15-25(28)31-29(34)19-18-26-30(31)24-14-6-8-16-27(24)33-20-21-10-4-5-13-23(21)32(26)33/h1-20H. The molecule has 3 heterocycles. The number of fused-ring (bicyclic) bond motifs is 12. The van der Waals surface area contributed by atoms with Crippen molar-refractivity contribution in [2.24, 2.45) is 0 Å². The minimum atomic E-state index is 1.19. The summed E-state index contributed by atoms with van der Waals surface area (Å²) in [5, 5.41) is 9.08. The molecule has 0 N–H and O–H groups in total. The van der Waals surface area contributed by atoms with Gasteiger partial charge in [0.05, 0.1) is 22.1 Å². The van der Waals surface area contributed by atoms with Crippen LogP contribution in [0.2, 0.25) is 0 Å². The number of para-hydroxylation sites is 3. The van der Waals surface area contributed by atoms with E-state index in [2.05, 4.69) is 130 Å². The Bertz CT molecular complexity index is 2060. The molecule has 8 aromatic rings. The summed E-state index contributed by atoms with van der Waals surface area (Å²) < 4.78 is 4.78. The third-order valence-corrected chi connectivity index (χ3v) is 7.27. The van der Waals surface area contributed by atoms with Gasteiger partial charge >= 0.3 is 0 Å². The van der Waals surface area contributed by atoms with Crippen LogP contribution >= 0.6 is 0 Å². The van der Waals surface area contributed by atoms with Gasteiger partial charge in [-0.1, -0.05) is 84.9 Å². The van der Waals surface area contributed by atoms with E-state index in [1.807, 2.05) is 0 Å². The molecule has 3 aromatic heterocycles. The molecule has 2 nitrogen and oxygen atoms in total. The Morgan fingerprint density at radius 1 is 0.412 bits per heavy atom. The van der Waals surface area contributed by atoms with E-state index in [1.165, 1.54) is 65.5 Å². The fraction of sp³-hybridized carbons (Fsp3) is 0. The summed E-state index contributed by atoms with van der Waals surface area (Å²) in [5.41, 5.74) is 6.19. The summed E-state index contributed by atoms with van der Waals surface area (Å²) >= 11 is 0. The van der Waals surface area contributed by atoms with Gasteiger partial charge < -0.3 is 8.97 Å². The van der Waals surface area contributed by atoms with Gasteiger partial charge in [0.15, 0.2) is 0 Å². The average Bonchev–Trinajstić information content (AvgIpc) is 3.46. The topological polar surface area (TPSA) is 9.34 Å². The third-order valence-electron chi connectivity index (χ3n) is 7.27. The van der Waals surface area contributed by atoms with Crippen LogP contribution in [0.5, 0.6) is 0 Å². The maximum atomic E-state index is 2.40. The fourth-order valence-electron chi connectivity index (χ4n) is 5.91. The van der Waals surface area contributed by atoms with Crippen molar-refractivity contribution in [1.29, 1.82) is 0 Å². The summed E-state index contributed by atoms with van der Waals surface area (Å²) in [6, 6.07) is 41.7. The lowest BCUT2D eigenvalue weighted by Gasteiger charge is -2.12. The second-order valence-corrected chi connectivity index (χ2v) is 9.02. The maximum Gasteiger partial charge on any atom is 0.0613 e. The highest BCUT2D eigenvalue weighted by molar-refractivity contribution is 6.32. The Morgan fingerprint density at radius 3 is 1.88 bits per heavy atom. The smallest absolute Gasteiger partial charge is 0.0613 e. The zero-order valence-electron chi connectivity index (χ0n) is 18.4. The normalized spacial score (nSPS) is 12.1. The highest BCUT2D eigenvalue weighted by Gasteiger charge is 2.19. The summed E-state index contributed by atoms with van der Waals surface area (Å²) in [4.78, 5) is 0. The molecule has 0 saturated carbocycles. The largest absolute Gasteiger partial charge is 0.315 e. The van der Waals surface area contributed by atoms with Crippen LogP contribution in [0.15, 0.2) is 121 Å². The number of nitrogens with zero attached hydrogens (tertiary/aromatic N) is 2. The predicted molar refractivity (Wildman–Crippen MR) is 144 cm³/mol. The Labute approximate surface area is 195 Å². The van der Waals surface area contributed by atoms with Crippen molar-refractivity contribution < 1.29 is 0 Å². The molecule has 2 heteroatoms. The highest BCUT2D eigenvalue weighted by Crippen LogP contribution is 2.42. The molecule has 34 heavy (non-hydrogen) atoms. The van der Waals surface area contributed by atoms with Crippen LogP contribution in [-0.2, 0) is 0 Å². The molecule has 5 aromatic carbocycles. The Morgan fingerprint density at radius 2 is 1.06 bits per heavy atom. The Balaban J connectivity index is 1.72. The van der Waals surface area contributed by atoms with Crippen LogP contribution in [0.4, 0.5) is 0 Å². The van der Waals surface area contributed by atoms with Gasteiger partial charge in [-0.05, 0) is 30.3 Å². The molecule has 0 aliphatic rings. The SMILES string of the molecule is c1ccc(-n2c3ccccc3c3c4c5ccccc5n5cc6ccccc6c5c4ccc32)cc1. The van der Waals surface area contributed by atoms with Crippen molar-refractivity contribution in [3.8, 4) is 5.69 Å². The van der Waals surface area contributed by atoms with E-state index in [4.69, 9.17) is 0 Å². The second kappa shape index (κ2) is 6.49. The summed E-state index contributed by atoms with van der Waals surface area (Å²) in [7, 11) is 0. The number of rotatable bonds is 1. The molecule has 8 rings (SSSR count). The third kappa shape index (κ3) is 2.20. The molecule has 0 atom stereocenters. The first-order valence-corrected chi connectivity index (χ1v) is 11.7. The zero-order chi connectivity index (χ0) is 22.2. The molecule has 0 radical (unpaired) electrons. The predicted octanol–water partition coefficient (Wildman–Crippen LogP) is 8.50. The van der Waals surface area contributed by atoms with E-state index in [0.29, 0.717) is 0 Å². The number of hydrogen-bond donors (Lipinski definition) is 0. The van der Waals surface area contributed by atoms with Crippen LogP contribution in [0.25, 0.3) is 65.5 Å². The highest BCUT2D eigenvalue weighted by atomic mass is 15.0. The van der Waals surface area contributed by atoms with Gasteiger partial charge in [0.1, 0.15) is 0 Å². The molecule has 0 unspecified atom stereocenters. The van der Waals surface area contributed by atoms with Crippen molar-refractivity contribution in [3.63, 3.8) is 0 Å². The molecule has 0 spiro atoms. The van der Waals surface area contributed by atoms with Gasteiger partial charge in [0.2, 0.25) is 0 Å². The molecule has 0 fully saturated rings. The first kappa shape index (κ1) is 17.9. The first-order valence-electron chi connectivity index (χ1n) is 11.7. The molecule has 0 saturated heterocycles. The molecule has 0 amide bonds. The summed E-state index contributed by atoms with van der Waals surface area (Å²) in [5.74, 6) is 0. The second-order valence-electron chi connectivity index (χ2n) is 9.02. The van der Waals surface area contributed by atoms with Crippen molar-refractivity contribution in [2.45, 2.75) is 0 Å². The lowest BCUT2D eigenvalue weighted by Crippen LogP contribution is -1.94. The monoisotopic (exact) mass is 432 g/mol. The van der Waals surface area contributed by atoms with Crippen LogP contribution in [0.1, 0.15) is 0 Å². The summed E-state index contributed by atoms with van der Waals surface area (Å²) in [6.45, 7) is 0. The molecule has 158 valence electrons. The number of aromatic nitrogens is 2. The average molecular weight is 433 g/mol. The van der Waals surface area contributed by atoms with Gasteiger partial charge in [-0.25, -0.2) is 0 Å². The minimum Gasteiger partial charge on any atom is -0.315 e. The lowest BCUT2D eigenvalue weighted by atomic mass is 9.98. The minimum absolute atomic E-state index is 1.19. The summed E-state index contributed by atoms with van der Waals surface area (Å²) in [6.07, 6.45) is 2.28. The maximum absolute atomic E-state index is 2.40. The number of hydrogen-bond acceptors (Lipinski definition) is 0. The van der Waals surface area contributed by atoms with E-state index in [1.54, 1.807) is 0 Å². The van der Waals surface area contributed by atoms with E-state index in [9.17, 15) is 0 Å². The van der Waals surface area contributed by atoms with Crippen LogP contribution in [0.3, 0.4) is 0 Å². The molecular formula is C32H20N2. The van der Waals surface area contributed by atoms with E-state index in [-0.39, 0.29) is 0 Å². The molecule has 0 aliphatic heterocycles. The van der Waals surface area contributed by atoms with E-state index in [0.717, 1.165) is 0 Å². The molecule has 0 bridgehead atoms. The van der Waals surface area contributed by atoms with Gasteiger partial charge in [-0.3, -0.25) is 0 Å². The van der Waals surface area contributed by atoms with Gasteiger partial charge in [-0.2, -0.15) is 0 Å². The van der Waals surface area contributed by atoms with Gasteiger partial charge in [-0.15, -0.1) is 0 Å². The van der Waals surface area contributed by atoms with Crippen molar-refractivity contribution in [1.82, 2.24) is 8.97 Å². The Kier molecular flexibility index (Phi) is 3.42. The lowest BCUT2D eigenvalue weighted by molar-refractivity contribution is 1.18. The van der Waals surface area contributed by atoms with Gasteiger partial charge in [0.25, 0.3) is 0 Å². The number of benzene rings is 5. The molecular weight excluding hydrogens is 412 g/mol. The zero-order valence-corrected chi connectivity index (χ0v) is 18.4. The number of pyridine rings is 1.